The molecule has 0 aromatic heterocycles. The maximum Gasteiger partial charge on any atom is 0.153 e. The molecule has 0 aliphatic carbocycles. The molecule has 0 spiro atoms. The standard InChI is InChI=1S/C13H20O3S/c1-4-17(14,15)10-9-16-13-8-6-5-7-12(13)11(2)3/h5-8,11H,4,9-10H2,1-3H3. The highest BCUT2D eigenvalue weighted by molar-refractivity contribution is 7.91. The molecule has 0 unspecified atom stereocenters. The van der Waals surface area contributed by atoms with Gasteiger partial charge in [-0.15, -0.1) is 0 Å². The Bertz CT molecular complexity index is 449. The van der Waals surface area contributed by atoms with E-state index in [1.54, 1.807) is 6.92 Å². The van der Waals surface area contributed by atoms with E-state index >= 15 is 0 Å². The third-order valence-corrected chi connectivity index (χ3v) is 4.30. The SMILES string of the molecule is CCS(=O)(=O)CCOc1ccccc1C(C)C. The monoisotopic (exact) mass is 256 g/mol. The van der Waals surface area contributed by atoms with Gasteiger partial charge >= 0.3 is 0 Å². The lowest BCUT2D eigenvalue weighted by Crippen LogP contribution is -2.16. The molecule has 0 amide bonds. The first-order chi connectivity index (χ1) is 7.96. The molecule has 0 bridgehead atoms. The molecule has 0 aliphatic rings. The first-order valence-corrected chi connectivity index (χ1v) is 7.70. The Balaban J connectivity index is 2.64. The van der Waals surface area contributed by atoms with Crippen molar-refractivity contribution < 1.29 is 13.2 Å². The maximum atomic E-state index is 11.3. The Morgan fingerprint density at radius 3 is 2.47 bits per heavy atom. The lowest BCUT2D eigenvalue weighted by atomic mass is 10.0. The van der Waals surface area contributed by atoms with Crippen molar-refractivity contribution in [3.8, 4) is 5.75 Å². The molecule has 17 heavy (non-hydrogen) atoms. The van der Waals surface area contributed by atoms with Crippen molar-refractivity contribution >= 4 is 9.84 Å². The van der Waals surface area contributed by atoms with Crippen molar-refractivity contribution in [3.05, 3.63) is 29.8 Å². The summed E-state index contributed by atoms with van der Waals surface area (Å²) in [4.78, 5) is 0. The molecule has 4 heteroatoms. The molecule has 1 aromatic carbocycles. The van der Waals surface area contributed by atoms with Crippen molar-refractivity contribution in [1.82, 2.24) is 0 Å². The van der Waals surface area contributed by atoms with Crippen molar-refractivity contribution in [3.63, 3.8) is 0 Å². The topological polar surface area (TPSA) is 43.4 Å². The highest BCUT2D eigenvalue weighted by Crippen LogP contribution is 2.25. The van der Waals surface area contributed by atoms with Gasteiger partial charge in [0.25, 0.3) is 0 Å². The number of benzene rings is 1. The van der Waals surface area contributed by atoms with E-state index in [1.165, 1.54) is 0 Å². The number of hydrogen-bond acceptors (Lipinski definition) is 3. The van der Waals surface area contributed by atoms with Crippen LogP contribution in [0.15, 0.2) is 24.3 Å². The Labute approximate surface area is 104 Å². The van der Waals surface area contributed by atoms with Gasteiger partial charge in [-0.25, -0.2) is 8.42 Å². The van der Waals surface area contributed by atoms with Crippen LogP contribution in [-0.4, -0.2) is 26.5 Å². The number of rotatable bonds is 6. The van der Waals surface area contributed by atoms with Crippen molar-refractivity contribution in [1.29, 1.82) is 0 Å². The fourth-order valence-corrected chi connectivity index (χ4v) is 2.14. The second kappa shape index (κ2) is 6.05. The van der Waals surface area contributed by atoms with Crippen molar-refractivity contribution in [2.45, 2.75) is 26.7 Å². The zero-order valence-electron chi connectivity index (χ0n) is 10.6. The van der Waals surface area contributed by atoms with Crippen LogP contribution in [0, 0.1) is 0 Å². The third kappa shape index (κ3) is 4.38. The van der Waals surface area contributed by atoms with Crippen LogP contribution in [-0.2, 0) is 9.84 Å². The summed E-state index contributed by atoms with van der Waals surface area (Å²) in [5, 5.41) is 0. The molecule has 1 rings (SSSR count). The largest absolute Gasteiger partial charge is 0.492 e. The Hall–Kier alpha value is -1.03. The van der Waals surface area contributed by atoms with Crippen LogP contribution >= 0.6 is 0 Å². The lowest BCUT2D eigenvalue weighted by Gasteiger charge is -2.13. The zero-order valence-corrected chi connectivity index (χ0v) is 11.5. The van der Waals surface area contributed by atoms with Gasteiger partial charge < -0.3 is 4.74 Å². The fraction of sp³-hybridized carbons (Fsp3) is 0.538. The van der Waals surface area contributed by atoms with Crippen LogP contribution in [0.25, 0.3) is 0 Å². The highest BCUT2D eigenvalue weighted by Gasteiger charge is 2.10. The minimum atomic E-state index is -2.95. The van der Waals surface area contributed by atoms with Crippen LogP contribution in [0.2, 0.25) is 0 Å². The van der Waals surface area contributed by atoms with Gasteiger partial charge in [-0.05, 0) is 17.5 Å². The first-order valence-electron chi connectivity index (χ1n) is 5.88. The summed E-state index contributed by atoms with van der Waals surface area (Å²) in [5.41, 5.74) is 1.11. The number of ether oxygens (including phenoxy) is 1. The van der Waals surface area contributed by atoms with Crippen LogP contribution in [0.4, 0.5) is 0 Å². The maximum absolute atomic E-state index is 11.3. The Morgan fingerprint density at radius 1 is 1.24 bits per heavy atom. The molecule has 0 saturated carbocycles. The molecule has 0 fully saturated rings. The van der Waals surface area contributed by atoms with Gasteiger partial charge in [-0.2, -0.15) is 0 Å². The first kappa shape index (κ1) is 14.0. The van der Waals surface area contributed by atoms with Crippen LogP contribution < -0.4 is 4.74 Å². The molecule has 0 atom stereocenters. The summed E-state index contributed by atoms with van der Waals surface area (Å²) in [7, 11) is -2.95. The Kier molecular flexibility index (Phi) is 5.00. The molecule has 1 aromatic rings. The van der Waals surface area contributed by atoms with Gasteiger partial charge in [0.05, 0.1) is 5.75 Å². The summed E-state index contributed by atoms with van der Waals surface area (Å²) >= 11 is 0. The van der Waals surface area contributed by atoms with E-state index in [9.17, 15) is 8.42 Å². The van der Waals surface area contributed by atoms with Gasteiger partial charge in [-0.1, -0.05) is 39.0 Å². The predicted octanol–water partition coefficient (Wildman–Crippen LogP) is 2.62. The molecule has 96 valence electrons. The number of sulfone groups is 1. The van der Waals surface area contributed by atoms with Gasteiger partial charge in [0.15, 0.2) is 9.84 Å². The zero-order chi connectivity index (χ0) is 12.9. The molecule has 0 aliphatic heterocycles. The van der Waals surface area contributed by atoms with Gasteiger partial charge in [0.2, 0.25) is 0 Å². The van der Waals surface area contributed by atoms with E-state index in [0.717, 1.165) is 11.3 Å². The Morgan fingerprint density at radius 2 is 1.88 bits per heavy atom. The number of hydrogen-bond donors (Lipinski definition) is 0. The molecular weight excluding hydrogens is 236 g/mol. The van der Waals surface area contributed by atoms with E-state index in [4.69, 9.17) is 4.74 Å². The van der Waals surface area contributed by atoms with Crippen LogP contribution in [0.3, 0.4) is 0 Å². The van der Waals surface area contributed by atoms with Crippen LogP contribution in [0.1, 0.15) is 32.3 Å². The quantitative estimate of drug-likeness (QED) is 0.786. The average Bonchev–Trinajstić information content (AvgIpc) is 2.29. The molecule has 0 radical (unpaired) electrons. The van der Waals surface area contributed by atoms with Gasteiger partial charge in [0.1, 0.15) is 12.4 Å². The predicted molar refractivity (Wildman–Crippen MR) is 70.4 cm³/mol. The second-order valence-electron chi connectivity index (χ2n) is 4.28. The van der Waals surface area contributed by atoms with E-state index in [-0.39, 0.29) is 18.1 Å². The smallest absolute Gasteiger partial charge is 0.153 e. The van der Waals surface area contributed by atoms with Crippen molar-refractivity contribution in [2.24, 2.45) is 0 Å². The molecular formula is C13H20O3S. The van der Waals surface area contributed by atoms with E-state index in [1.807, 2.05) is 24.3 Å². The third-order valence-electron chi connectivity index (χ3n) is 2.63. The molecule has 0 heterocycles. The second-order valence-corrected chi connectivity index (χ2v) is 6.75. The van der Waals surface area contributed by atoms with Gasteiger partial charge in [0, 0.05) is 5.75 Å². The summed E-state index contributed by atoms with van der Waals surface area (Å²) in [5.74, 6) is 1.40. The summed E-state index contributed by atoms with van der Waals surface area (Å²) in [6.07, 6.45) is 0. The molecule has 0 saturated heterocycles. The lowest BCUT2D eigenvalue weighted by molar-refractivity contribution is 0.336. The summed E-state index contributed by atoms with van der Waals surface area (Å²) in [6, 6.07) is 7.75. The average molecular weight is 256 g/mol. The molecule has 3 nitrogen and oxygen atoms in total. The fourth-order valence-electron chi connectivity index (χ4n) is 1.51. The minimum Gasteiger partial charge on any atom is -0.492 e. The summed E-state index contributed by atoms with van der Waals surface area (Å²) in [6.45, 7) is 6.05. The van der Waals surface area contributed by atoms with E-state index in [2.05, 4.69) is 13.8 Å². The minimum absolute atomic E-state index is 0.0793. The summed E-state index contributed by atoms with van der Waals surface area (Å²) < 4.78 is 28.2. The van der Waals surface area contributed by atoms with E-state index < -0.39 is 9.84 Å². The number of para-hydroxylation sites is 1. The normalized spacial score (nSPS) is 11.8. The van der Waals surface area contributed by atoms with Crippen molar-refractivity contribution in [2.75, 3.05) is 18.1 Å². The highest BCUT2D eigenvalue weighted by atomic mass is 32.2. The van der Waals surface area contributed by atoms with Crippen LogP contribution in [0.5, 0.6) is 5.75 Å². The van der Waals surface area contributed by atoms with E-state index in [0.29, 0.717) is 5.92 Å². The van der Waals surface area contributed by atoms with Gasteiger partial charge in [-0.3, -0.25) is 0 Å². The molecule has 0 N–H and O–H groups in total.